The number of rotatable bonds is 7. The third-order valence-electron chi connectivity index (χ3n) is 5.20. The minimum Gasteiger partial charge on any atom is -0.489 e. The molecule has 0 aromatic heterocycles. The van der Waals surface area contributed by atoms with E-state index in [1.807, 2.05) is 84.9 Å². The first-order chi connectivity index (χ1) is 14.7. The van der Waals surface area contributed by atoms with Crippen LogP contribution in [-0.2, 0) is 22.7 Å². The van der Waals surface area contributed by atoms with E-state index in [2.05, 4.69) is 5.32 Å². The Kier molecular flexibility index (Phi) is 6.09. The smallest absolute Gasteiger partial charge is 0.227 e. The molecule has 0 spiro atoms. The van der Waals surface area contributed by atoms with E-state index in [9.17, 15) is 9.59 Å². The van der Waals surface area contributed by atoms with Crippen LogP contribution in [0, 0.1) is 5.92 Å². The number of benzene rings is 3. The number of nitrogens with one attached hydrogen (secondary N) is 1. The average Bonchev–Trinajstić information content (AvgIpc) is 3.19. The van der Waals surface area contributed by atoms with Crippen molar-refractivity contribution in [2.45, 2.75) is 19.6 Å². The van der Waals surface area contributed by atoms with Gasteiger partial charge in [0.15, 0.2) is 0 Å². The standard InChI is InChI=1S/C25H24N2O3/c28-24-15-21(25(29)26-16-19-7-3-1-4-8-19)17-27(24)22-11-13-23(14-12-22)30-18-20-9-5-2-6-10-20/h1-14,21H,15-18H2,(H,26,29). The van der Waals surface area contributed by atoms with Gasteiger partial charge in [-0.2, -0.15) is 0 Å². The lowest BCUT2D eigenvalue weighted by molar-refractivity contribution is -0.126. The molecule has 1 heterocycles. The molecule has 4 rings (SSSR count). The Balaban J connectivity index is 1.31. The molecule has 3 aromatic carbocycles. The Morgan fingerprint density at radius 2 is 1.53 bits per heavy atom. The van der Waals surface area contributed by atoms with Crippen LogP contribution in [-0.4, -0.2) is 18.4 Å². The van der Waals surface area contributed by atoms with Gasteiger partial charge in [0.1, 0.15) is 12.4 Å². The summed E-state index contributed by atoms with van der Waals surface area (Å²) in [6, 6.07) is 27.2. The maximum atomic E-state index is 12.5. The van der Waals surface area contributed by atoms with Gasteiger partial charge in [-0.05, 0) is 35.4 Å². The first kappa shape index (κ1) is 19.7. The van der Waals surface area contributed by atoms with Gasteiger partial charge in [0.25, 0.3) is 0 Å². The monoisotopic (exact) mass is 400 g/mol. The maximum absolute atomic E-state index is 12.5. The molecule has 0 radical (unpaired) electrons. The minimum absolute atomic E-state index is 0.0344. The Bertz CT molecular complexity index is 988. The predicted octanol–water partition coefficient (Wildman–Crippen LogP) is 3.93. The van der Waals surface area contributed by atoms with Gasteiger partial charge in [0, 0.05) is 25.2 Å². The summed E-state index contributed by atoms with van der Waals surface area (Å²) in [4.78, 5) is 26.7. The summed E-state index contributed by atoms with van der Waals surface area (Å²) in [6.45, 7) is 1.36. The third kappa shape index (κ3) is 4.87. The molecule has 0 saturated carbocycles. The number of nitrogens with zero attached hydrogens (tertiary/aromatic N) is 1. The van der Waals surface area contributed by atoms with E-state index in [0.29, 0.717) is 19.7 Å². The van der Waals surface area contributed by atoms with Crippen LogP contribution in [0.15, 0.2) is 84.9 Å². The van der Waals surface area contributed by atoms with E-state index in [-0.39, 0.29) is 24.2 Å². The molecule has 1 unspecified atom stereocenters. The van der Waals surface area contributed by atoms with Gasteiger partial charge in [-0.1, -0.05) is 60.7 Å². The molecule has 1 saturated heterocycles. The first-order valence-corrected chi connectivity index (χ1v) is 10.1. The minimum atomic E-state index is -0.338. The number of amides is 2. The molecular weight excluding hydrogens is 376 g/mol. The lowest BCUT2D eigenvalue weighted by Crippen LogP contribution is -2.32. The number of carbonyl (C=O) groups is 2. The van der Waals surface area contributed by atoms with Gasteiger partial charge in [0.2, 0.25) is 11.8 Å². The molecule has 2 amide bonds. The van der Waals surface area contributed by atoms with Crippen molar-refractivity contribution in [3.8, 4) is 5.75 Å². The number of ether oxygens (including phenoxy) is 1. The molecular formula is C25H24N2O3. The Morgan fingerprint density at radius 1 is 0.900 bits per heavy atom. The second kappa shape index (κ2) is 9.27. The highest BCUT2D eigenvalue weighted by molar-refractivity contribution is 6.00. The summed E-state index contributed by atoms with van der Waals surface area (Å²) >= 11 is 0. The number of hydrogen-bond donors (Lipinski definition) is 1. The highest BCUT2D eigenvalue weighted by atomic mass is 16.5. The van der Waals surface area contributed by atoms with E-state index in [1.54, 1.807) is 4.90 Å². The van der Waals surface area contributed by atoms with Crippen molar-refractivity contribution in [3.63, 3.8) is 0 Å². The SMILES string of the molecule is O=C(NCc1ccccc1)C1CC(=O)N(c2ccc(OCc3ccccc3)cc2)C1. The van der Waals surface area contributed by atoms with Gasteiger partial charge in [-0.25, -0.2) is 0 Å². The summed E-state index contributed by atoms with van der Waals surface area (Å²) in [5.41, 5.74) is 2.92. The zero-order valence-corrected chi connectivity index (χ0v) is 16.7. The topological polar surface area (TPSA) is 58.6 Å². The molecule has 0 bridgehead atoms. The summed E-state index contributed by atoms with van der Waals surface area (Å²) in [5, 5.41) is 2.94. The lowest BCUT2D eigenvalue weighted by atomic mass is 10.1. The van der Waals surface area contributed by atoms with Crippen LogP contribution in [0.4, 0.5) is 5.69 Å². The fourth-order valence-electron chi connectivity index (χ4n) is 3.53. The maximum Gasteiger partial charge on any atom is 0.227 e. The van der Waals surface area contributed by atoms with Crippen molar-refractivity contribution < 1.29 is 14.3 Å². The van der Waals surface area contributed by atoms with Gasteiger partial charge < -0.3 is 15.0 Å². The number of carbonyl (C=O) groups excluding carboxylic acids is 2. The predicted molar refractivity (Wildman–Crippen MR) is 116 cm³/mol. The van der Waals surface area contributed by atoms with Gasteiger partial charge >= 0.3 is 0 Å². The summed E-state index contributed by atoms with van der Waals surface area (Å²) in [6.07, 6.45) is 0.229. The van der Waals surface area contributed by atoms with Crippen LogP contribution < -0.4 is 15.0 Å². The highest BCUT2D eigenvalue weighted by Crippen LogP contribution is 2.27. The Morgan fingerprint density at radius 3 is 2.20 bits per heavy atom. The van der Waals surface area contributed by atoms with Crippen molar-refractivity contribution in [3.05, 3.63) is 96.1 Å². The molecule has 1 aliphatic rings. The van der Waals surface area contributed by atoms with E-state index in [4.69, 9.17) is 4.74 Å². The largest absolute Gasteiger partial charge is 0.489 e. The molecule has 0 aliphatic carbocycles. The van der Waals surface area contributed by atoms with Crippen molar-refractivity contribution >= 4 is 17.5 Å². The van der Waals surface area contributed by atoms with Crippen molar-refractivity contribution in [2.24, 2.45) is 5.92 Å². The molecule has 1 atom stereocenters. The second-order valence-electron chi connectivity index (χ2n) is 7.38. The van der Waals surface area contributed by atoms with Crippen LogP contribution in [0.1, 0.15) is 17.5 Å². The summed E-state index contributed by atoms with van der Waals surface area (Å²) < 4.78 is 5.80. The van der Waals surface area contributed by atoms with E-state index < -0.39 is 0 Å². The van der Waals surface area contributed by atoms with E-state index in [0.717, 1.165) is 22.6 Å². The number of anilines is 1. The Labute approximate surface area is 176 Å². The molecule has 1 aliphatic heterocycles. The van der Waals surface area contributed by atoms with Gasteiger partial charge in [-0.15, -0.1) is 0 Å². The zero-order valence-electron chi connectivity index (χ0n) is 16.7. The highest BCUT2D eigenvalue weighted by Gasteiger charge is 2.34. The normalized spacial score (nSPS) is 15.8. The quantitative estimate of drug-likeness (QED) is 0.654. The first-order valence-electron chi connectivity index (χ1n) is 10.1. The average molecular weight is 400 g/mol. The van der Waals surface area contributed by atoms with Crippen molar-refractivity contribution in [2.75, 3.05) is 11.4 Å². The molecule has 5 heteroatoms. The molecule has 5 nitrogen and oxygen atoms in total. The van der Waals surface area contributed by atoms with Gasteiger partial charge in [-0.3, -0.25) is 9.59 Å². The molecule has 152 valence electrons. The molecule has 1 N–H and O–H groups in total. The molecule has 3 aromatic rings. The van der Waals surface area contributed by atoms with Gasteiger partial charge in [0.05, 0.1) is 5.92 Å². The number of hydrogen-bond acceptors (Lipinski definition) is 3. The van der Waals surface area contributed by atoms with Crippen LogP contribution in [0.2, 0.25) is 0 Å². The van der Waals surface area contributed by atoms with Crippen molar-refractivity contribution in [1.29, 1.82) is 0 Å². The van der Waals surface area contributed by atoms with Crippen LogP contribution >= 0.6 is 0 Å². The summed E-state index contributed by atoms with van der Waals surface area (Å²) in [5.74, 6) is 0.284. The lowest BCUT2D eigenvalue weighted by Gasteiger charge is -2.17. The fraction of sp³-hybridized carbons (Fsp3) is 0.200. The summed E-state index contributed by atoms with van der Waals surface area (Å²) in [7, 11) is 0. The van der Waals surface area contributed by atoms with Crippen LogP contribution in [0.25, 0.3) is 0 Å². The second-order valence-corrected chi connectivity index (χ2v) is 7.38. The fourth-order valence-corrected chi connectivity index (χ4v) is 3.53. The van der Waals surface area contributed by atoms with Crippen LogP contribution in [0.5, 0.6) is 5.75 Å². The Hall–Kier alpha value is -3.60. The van der Waals surface area contributed by atoms with E-state index >= 15 is 0 Å². The van der Waals surface area contributed by atoms with Crippen molar-refractivity contribution in [1.82, 2.24) is 5.32 Å². The zero-order chi connectivity index (χ0) is 20.8. The molecule has 30 heavy (non-hydrogen) atoms. The van der Waals surface area contributed by atoms with E-state index in [1.165, 1.54) is 0 Å². The van der Waals surface area contributed by atoms with Crippen LogP contribution in [0.3, 0.4) is 0 Å². The molecule has 1 fully saturated rings. The third-order valence-corrected chi connectivity index (χ3v) is 5.20.